The molecule has 1 aliphatic rings. The number of nitrogens with zero attached hydrogens (tertiary/aromatic N) is 2. The minimum absolute atomic E-state index is 0.0985. The number of benzene rings is 3. The molecule has 5 rings (SSSR count). The zero-order chi connectivity index (χ0) is 20.1. The SMILES string of the molecule is Cc1ccc2cc(C3C(C#N)=C(N)Oc4c3ccc3ccccc43)c(Cl)nc2c1. The maximum Gasteiger partial charge on any atom is 0.205 e. The molecular weight excluding hydrogens is 382 g/mol. The average molecular weight is 398 g/mol. The maximum atomic E-state index is 9.84. The van der Waals surface area contributed by atoms with E-state index in [4.69, 9.17) is 22.1 Å². The number of fused-ring (bicyclic) bond motifs is 4. The van der Waals surface area contributed by atoms with E-state index < -0.39 is 5.92 Å². The van der Waals surface area contributed by atoms with E-state index in [-0.39, 0.29) is 5.88 Å². The third-order valence-corrected chi connectivity index (χ3v) is 5.68. The Morgan fingerprint density at radius 1 is 1.03 bits per heavy atom. The first-order valence-corrected chi connectivity index (χ1v) is 9.60. The van der Waals surface area contributed by atoms with Gasteiger partial charge in [-0.3, -0.25) is 0 Å². The van der Waals surface area contributed by atoms with Crippen LogP contribution in [0.2, 0.25) is 5.15 Å². The van der Waals surface area contributed by atoms with Crippen molar-refractivity contribution in [3.8, 4) is 11.8 Å². The number of aryl methyl sites for hydroxylation is 1. The minimum Gasteiger partial charge on any atom is -0.440 e. The molecule has 0 spiro atoms. The standard InChI is InChI=1S/C24H16ClN3O/c1-13-6-7-15-11-18(23(25)28-20(15)10-13)21-17-9-8-14-4-2-3-5-16(14)22(17)29-24(27)19(21)12-26/h2-11,21H,27H2,1H3. The van der Waals surface area contributed by atoms with E-state index >= 15 is 0 Å². The highest BCUT2D eigenvalue weighted by Crippen LogP contribution is 2.47. The number of nitriles is 1. The van der Waals surface area contributed by atoms with Crippen molar-refractivity contribution in [3.05, 3.63) is 94.0 Å². The second-order valence-electron chi connectivity index (χ2n) is 7.19. The monoisotopic (exact) mass is 397 g/mol. The molecule has 140 valence electrons. The van der Waals surface area contributed by atoms with Crippen LogP contribution in [0.1, 0.15) is 22.6 Å². The zero-order valence-corrected chi connectivity index (χ0v) is 16.4. The molecule has 1 atom stereocenters. The first-order chi connectivity index (χ1) is 14.1. The summed E-state index contributed by atoms with van der Waals surface area (Å²) in [6.07, 6.45) is 0. The third-order valence-electron chi connectivity index (χ3n) is 5.37. The fourth-order valence-electron chi connectivity index (χ4n) is 3.98. The van der Waals surface area contributed by atoms with Gasteiger partial charge >= 0.3 is 0 Å². The molecule has 4 nitrogen and oxygen atoms in total. The van der Waals surface area contributed by atoms with Crippen molar-refractivity contribution in [1.29, 1.82) is 5.26 Å². The minimum atomic E-state index is -0.445. The van der Waals surface area contributed by atoms with Crippen molar-refractivity contribution in [2.75, 3.05) is 0 Å². The number of ether oxygens (including phenoxy) is 1. The summed E-state index contributed by atoms with van der Waals surface area (Å²) < 4.78 is 5.91. The highest BCUT2D eigenvalue weighted by Gasteiger charge is 2.33. The predicted molar refractivity (Wildman–Crippen MR) is 115 cm³/mol. The highest BCUT2D eigenvalue weighted by atomic mass is 35.5. The quantitative estimate of drug-likeness (QED) is 0.426. The average Bonchev–Trinajstić information content (AvgIpc) is 2.72. The Hall–Kier alpha value is -3.55. The van der Waals surface area contributed by atoms with Crippen molar-refractivity contribution < 1.29 is 4.74 Å². The molecule has 4 aromatic rings. The normalized spacial score (nSPS) is 15.8. The van der Waals surface area contributed by atoms with Crippen LogP contribution >= 0.6 is 11.6 Å². The van der Waals surface area contributed by atoms with E-state index in [1.54, 1.807) is 0 Å². The zero-order valence-electron chi connectivity index (χ0n) is 15.6. The topological polar surface area (TPSA) is 71.9 Å². The summed E-state index contributed by atoms with van der Waals surface area (Å²) in [5, 5.41) is 13.1. The van der Waals surface area contributed by atoms with Crippen molar-refractivity contribution in [1.82, 2.24) is 4.98 Å². The smallest absolute Gasteiger partial charge is 0.205 e. The van der Waals surface area contributed by atoms with Crippen LogP contribution in [0, 0.1) is 18.3 Å². The number of rotatable bonds is 1. The van der Waals surface area contributed by atoms with Crippen LogP contribution in [0.3, 0.4) is 0 Å². The Kier molecular flexibility index (Phi) is 3.94. The van der Waals surface area contributed by atoms with Gasteiger partial charge in [-0.15, -0.1) is 0 Å². The van der Waals surface area contributed by atoms with Crippen LogP contribution in [-0.2, 0) is 0 Å². The lowest BCUT2D eigenvalue weighted by Crippen LogP contribution is -2.21. The molecule has 2 N–H and O–H groups in total. The number of hydrogen-bond acceptors (Lipinski definition) is 4. The van der Waals surface area contributed by atoms with Crippen LogP contribution in [0.25, 0.3) is 21.7 Å². The fraction of sp³-hybridized carbons (Fsp3) is 0.0833. The lowest BCUT2D eigenvalue weighted by atomic mass is 9.82. The molecule has 0 radical (unpaired) electrons. The fourth-order valence-corrected chi connectivity index (χ4v) is 4.23. The molecule has 1 aliphatic heterocycles. The van der Waals surface area contributed by atoms with Gasteiger partial charge in [-0.05, 0) is 30.0 Å². The number of halogens is 1. The Labute approximate surface area is 172 Å². The maximum absolute atomic E-state index is 9.84. The molecular formula is C24H16ClN3O. The molecule has 0 saturated carbocycles. The third kappa shape index (κ3) is 2.71. The second kappa shape index (κ2) is 6.51. The first-order valence-electron chi connectivity index (χ1n) is 9.23. The van der Waals surface area contributed by atoms with E-state index in [1.807, 2.05) is 67.6 Å². The molecule has 0 aliphatic carbocycles. The van der Waals surface area contributed by atoms with Crippen molar-refractivity contribution in [3.63, 3.8) is 0 Å². The lowest BCUT2D eigenvalue weighted by molar-refractivity contribution is 0.398. The van der Waals surface area contributed by atoms with E-state index in [0.717, 1.165) is 38.4 Å². The van der Waals surface area contributed by atoms with Gasteiger partial charge in [-0.1, -0.05) is 60.1 Å². The first kappa shape index (κ1) is 17.5. The Bertz CT molecular complexity index is 1380. The van der Waals surface area contributed by atoms with Crippen LogP contribution in [0.4, 0.5) is 0 Å². The van der Waals surface area contributed by atoms with Crippen LogP contribution in [0.5, 0.6) is 5.75 Å². The molecule has 0 bridgehead atoms. The summed E-state index contributed by atoms with van der Waals surface area (Å²) in [6, 6.07) is 22.2. The van der Waals surface area contributed by atoms with Gasteiger partial charge in [0.2, 0.25) is 5.88 Å². The highest BCUT2D eigenvalue weighted by molar-refractivity contribution is 6.30. The molecule has 3 aromatic carbocycles. The van der Waals surface area contributed by atoms with Gasteiger partial charge in [0.15, 0.2) is 0 Å². The van der Waals surface area contributed by atoms with Gasteiger partial charge in [0, 0.05) is 21.9 Å². The summed E-state index contributed by atoms with van der Waals surface area (Å²) in [6.45, 7) is 2.01. The molecule has 5 heteroatoms. The number of hydrogen-bond donors (Lipinski definition) is 1. The van der Waals surface area contributed by atoms with E-state index in [9.17, 15) is 5.26 Å². The second-order valence-corrected chi connectivity index (χ2v) is 7.55. The van der Waals surface area contributed by atoms with Gasteiger partial charge < -0.3 is 10.5 Å². The van der Waals surface area contributed by atoms with Crippen molar-refractivity contribution >= 4 is 33.3 Å². The van der Waals surface area contributed by atoms with Gasteiger partial charge in [-0.25, -0.2) is 4.98 Å². The molecule has 0 amide bonds. The predicted octanol–water partition coefficient (Wildman–Crippen LogP) is 5.57. The van der Waals surface area contributed by atoms with E-state index in [2.05, 4.69) is 11.1 Å². The number of allylic oxidation sites excluding steroid dienone is 1. The number of nitrogens with two attached hydrogens (primary N) is 1. The molecule has 0 saturated heterocycles. The Morgan fingerprint density at radius 2 is 1.83 bits per heavy atom. The van der Waals surface area contributed by atoms with Crippen molar-refractivity contribution in [2.24, 2.45) is 5.73 Å². The lowest BCUT2D eigenvalue weighted by Gasteiger charge is -2.28. The summed E-state index contributed by atoms with van der Waals surface area (Å²) in [4.78, 5) is 4.59. The summed E-state index contributed by atoms with van der Waals surface area (Å²) >= 11 is 6.62. The molecule has 1 aromatic heterocycles. The van der Waals surface area contributed by atoms with E-state index in [1.165, 1.54) is 0 Å². The van der Waals surface area contributed by atoms with E-state index in [0.29, 0.717) is 16.5 Å². The summed E-state index contributed by atoms with van der Waals surface area (Å²) in [7, 11) is 0. The van der Waals surface area contributed by atoms with Crippen LogP contribution in [0.15, 0.2) is 72.1 Å². The van der Waals surface area contributed by atoms with Crippen LogP contribution < -0.4 is 10.5 Å². The number of pyridine rings is 1. The van der Waals surface area contributed by atoms with Crippen molar-refractivity contribution in [2.45, 2.75) is 12.8 Å². The Morgan fingerprint density at radius 3 is 2.66 bits per heavy atom. The summed E-state index contributed by atoms with van der Waals surface area (Å²) in [5.41, 5.74) is 10.0. The molecule has 0 fully saturated rings. The number of aromatic nitrogens is 1. The van der Waals surface area contributed by atoms with Gasteiger partial charge in [0.25, 0.3) is 0 Å². The van der Waals surface area contributed by atoms with Crippen LogP contribution in [-0.4, -0.2) is 4.98 Å². The molecule has 29 heavy (non-hydrogen) atoms. The summed E-state index contributed by atoms with van der Waals surface area (Å²) in [5.74, 6) is 0.310. The molecule has 1 unspecified atom stereocenters. The van der Waals surface area contributed by atoms with Gasteiger partial charge in [0.1, 0.15) is 22.5 Å². The molecule has 2 heterocycles. The Balaban J connectivity index is 1.81. The van der Waals surface area contributed by atoms with Gasteiger partial charge in [-0.2, -0.15) is 5.26 Å². The largest absolute Gasteiger partial charge is 0.440 e. The van der Waals surface area contributed by atoms with Gasteiger partial charge in [0.05, 0.1) is 11.4 Å².